The highest BCUT2D eigenvalue weighted by Crippen LogP contribution is 2.12. The number of ether oxygens (including phenoxy) is 1. The first-order chi connectivity index (χ1) is 17.5. The summed E-state index contributed by atoms with van der Waals surface area (Å²) in [5, 5.41) is 6.53. The Morgan fingerprint density at radius 1 is 0.811 bits per heavy atom. The minimum Gasteiger partial charge on any atom is -0.465 e. The second-order valence-corrected chi connectivity index (χ2v) is 9.05. The molecule has 0 saturated heterocycles. The second kappa shape index (κ2) is 17.0. The lowest BCUT2D eigenvalue weighted by molar-refractivity contribution is 0.0600. The molecule has 3 rings (SSSR count). The Kier molecular flexibility index (Phi) is 14.1. The zero-order valence-electron chi connectivity index (χ0n) is 21.1. The van der Waals surface area contributed by atoms with E-state index in [1.165, 1.54) is 18.2 Å². The Labute approximate surface area is 241 Å². The van der Waals surface area contributed by atoms with Crippen LogP contribution in [0, 0.1) is 0 Å². The van der Waals surface area contributed by atoms with Gasteiger partial charge in [-0.25, -0.2) is 9.59 Å². The molecule has 0 aromatic heterocycles. The molecular formula is C29H35ClIN3O3. The first-order valence-electron chi connectivity index (χ1n) is 12.3. The molecule has 6 nitrogen and oxygen atoms in total. The van der Waals surface area contributed by atoms with Crippen molar-refractivity contribution in [3.63, 3.8) is 0 Å². The van der Waals surface area contributed by atoms with Gasteiger partial charge in [0.05, 0.1) is 12.7 Å². The number of anilines is 1. The first-order valence-corrected chi connectivity index (χ1v) is 12.7. The third-order valence-electron chi connectivity index (χ3n) is 5.91. The summed E-state index contributed by atoms with van der Waals surface area (Å²) in [6.07, 6.45) is 3.72. The van der Waals surface area contributed by atoms with Gasteiger partial charge in [-0.05, 0) is 86.3 Å². The number of halogens is 2. The number of carbonyl (C=O) groups excluding carboxylic acids is 2. The quantitative estimate of drug-likeness (QED) is 0.129. The lowest BCUT2D eigenvalue weighted by Crippen LogP contribution is -2.34. The molecule has 0 aliphatic carbocycles. The standard InChI is InChI=1S/C29H34ClN3O3.HI/c1-36-28(34)25-14-10-23(11-15-25)7-5-20-33(22-18-24-12-16-26(30)17-13-24)21-6-19-31-29(35)32-27-8-3-2-4-9-27;/h2-4,8-17H,5-7,18-22H2,1H3,(H2,31,32,35);1H. The maximum atomic E-state index is 12.1. The SMILES string of the molecule is COC(=O)c1ccc(CCCN(CCCNC(=O)Nc2ccccc2)CCc2ccc(Cl)cc2)cc1.I. The zero-order chi connectivity index (χ0) is 25.6. The van der Waals surface area contributed by atoms with Crippen LogP contribution in [0.5, 0.6) is 0 Å². The fraction of sp³-hybridized carbons (Fsp3) is 0.310. The number of nitrogens with one attached hydrogen (secondary N) is 2. The average Bonchev–Trinajstić information content (AvgIpc) is 2.90. The number of methoxy groups -OCH3 is 1. The summed E-state index contributed by atoms with van der Waals surface area (Å²) in [6.45, 7) is 3.37. The van der Waals surface area contributed by atoms with Crippen molar-refractivity contribution in [1.82, 2.24) is 10.2 Å². The molecular weight excluding hydrogens is 601 g/mol. The summed E-state index contributed by atoms with van der Waals surface area (Å²) in [5.41, 5.74) is 3.79. The van der Waals surface area contributed by atoms with Crippen LogP contribution < -0.4 is 10.6 Å². The fourth-order valence-corrected chi connectivity index (χ4v) is 4.03. The van der Waals surface area contributed by atoms with Crippen LogP contribution in [0.3, 0.4) is 0 Å². The fourth-order valence-electron chi connectivity index (χ4n) is 3.91. The van der Waals surface area contributed by atoms with E-state index < -0.39 is 0 Å². The molecule has 0 spiro atoms. The van der Waals surface area contributed by atoms with Crippen molar-refractivity contribution < 1.29 is 14.3 Å². The van der Waals surface area contributed by atoms with Crippen molar-refractivity contribution >= 4 is 53.3 Å². The number of rotatable bonds is 13. The number of aryl methyl sites for hydroxylation is 1. The normalized spacial score (nSPS) is 10.5. The van der Waals surface area contributed by atoms with Gasteiger partial charge in [0.1, 0.15) is 0 Å². The molecule has 0 aliphatic rings. The second-order valence-electron chi connectivity index (χ2n) is 8.61. The Morgan fingerprint density at radius 3 is 2.11 bits per heavy atom. The molecule has 2 amide bonds. The van der Waals surface area contributed by atoms with E-state index >= 15 is 0 Å². The highest BCUT2D eigenvalue weighted by molar-refractivity contribution is 14.0. The highest BCUT2D eigenvalue weighted by Gasteiger charge is 2.08. The van der Waals surface area contributed by atoms with Crippen molar-refractivity contribution in [2.24, 2.45) is 0 Å². The third-order valence-corrected chi connectivity index (χ3v) is 6.17. The van der Waals surface area contributed by atoms with Gasteiger partial charge in [0.25, 0.3) is 0 Å². The molecule has 2 N–H and O–H groups in total. The minimum absolute atomic E-state index is 0. The average molecular weight is 636 g/mol. The largest absolute Gasteiger partial charge is 0.465 e. The van der Waals surface area contributed by atoms with Crippen LogP contribution in [-0.4, -0.2) is 50.2 Å². The van der Waals surface area contributed by atoms with Crippen molar-refractivity contribution in [1.29, 1.82) is 0 Å². The Balaban J connectivity index is 0.00000481. The van der Waals surface area contributed by atoms with Gasteiger partial charge in [-0.3, -0.25) is 0 Å². The smallest absolute Gasteiger partial charge is 0.337 e. The predicted molar refractivity (Wildman–Crippen MR) is 161 cm³/mol. The lowest BCUT2D eigenvalue weighted by atomic mass is 10.1. The molecule has 198 valence electrons. The molecule has 0 radical (unpaired) electrons. The number of amides is 2. The first kappa shape index (κ1) is 30.6. The number of hydrogen-bond donors (Lipinski definition) is 2. The maximum Gasteiger partial charge on any atom is 0.337 e. The van der Waals surface area contributed by atoms with E-state index in [4.69, 9.17) is 16.3 Å². The van der Waals surface area contributed by atoms with Crippen LogP contribution in [0.2, 0.25) is 5.02 Å². The predicted octanol–water partition coefficient (Wildman–Crippen LogP) is 6.43. The van der Waals surface area contributed by atoms with E-state index in [1.54, 1.807) is 0 Å². The Morgan fingerprint density at radius 2 is 1.43 bits per heavy atom. The number of esters is 1. The molecule has 0 heterocycles. The van der Waals surface area contributed by atoms with E-state index in [2.05, 4.69) is 27.7 Å². The molecule has 3 aromatic rings. The highest BCUT2D eigenvalue weighted by atomic mass is 127. The van der Waals surface area contributed by atoms with Crippen molar-refractivity contribution in [3.05, 3.63) is 101 Å². The Bertz CT molecular complexity index is 1080. The van der Waals surface area contributed by atoms with E-state index in [1.807, 2.05) is 66.7 Å². The topological polar surface area (TPSA) is 70.7 Å². The molecule has 0 saturated carbocycles. The van der Waals surface area contributed by atoms with Gasteiger partial charge in [-0.1, -0.05) is 54.1 Å². The van der Waals surface area contributed by atoms with E-state index in [0.29, 0.717) is 12.1 Å². The minimum atomic E-state index is -0.319. The van der Waals surface area contributed by atoms with Gasteiger partial charge < -0.3 is 20.3 Å². The van der Waals surface area contributed by atoms with Crippen molar-refractivity contribution in [2.75, 3.05) is 38.6 Å². The lowest BCUT2D eigenvalue weighted by Gasteiger charge is -2.22. The maximum absolute atomic E-state index is 12.1. The summed E-state index contributed by atoms with van der Waals surface area (Å²) in [7, 11) is 1.39. The van der Waals surface area contributed by atoms with Crippen LogP contribution >= 0.6 is 35.6 Å². The number of benzene rings is 3. The van der Waals surface area contributed by atoms with Gasteiger partial charge in [-0.15, -0.1) is 24.0 Å². The molecule has 3 aromatic carbocycles. The van der Waals surface area contributed by atoms with Crippen LogP contribution in [0.15, 0.2) is 78.9 Å². The summed E-state index contributed by atoms with van der Waals surface area (Å²) in [4.78, 5) is 26.2. The van der Waals surface area contributed by atoms with E-state index in [-0.39, 0.29) is 36.0 Å². The third kappa shape index (κ3) is 11.5. The number of urea groups is 1. The summed E-state index contributed by atoms with van der Waals surface area (Å²) >= 11 is 6.02. The monoisotopic (exact) mass is 635 g/mol. The summed E-state index contributed by atoms with van der Waals surface area (Å²) < 4.78 is 4.77. The molecule has 0 unspecified atom stereocenters. The van der Waals surface area contributed by atoms with Gasteiger partial charge >= 0.3 is 12.0 Å². The van der Waals surface area contributed by atoms with Crippen LogP contribution in [-0.2, 0) is 17.6 Å². The summed E-state index contributed by atoms with van der Waals surface area (Å²) in [5.74, 6) is -0.319. The van der Waals surface area contributed by atoms with Gasteiger partial charge in [0, 0.05) is 23.8 Å². The molecule has 0 bridgehead atoms. The van der Waals surface area contributed by atoms with E-state index in [0.717, 1.165) is 56.0 Å². The van der Waals surface area contributed by atoms with Gasteiger partial charge in [0.15, 0.2) is 0 Å². The summed E-state index contributed by atoms with van der Waals surface area (Å²) in [6, 6.07) is 24.8. The number of hydrogen-bond acceptors (Lipinski definition) is 4. The number of nitrogens with zero attached hydrogens (tertiary/aromatic N) is 1. The van der Waals surface area contributed by atoms with Crippen LogP contribution in [0.1, 0.15) is 34.3 Å². The van der Waals surface area contributed by atoms with Crippen LogP contribution in [0.4, 0.5) is 10.5 Å². The molecule has 37 heavy (non-hydrogen) atoms. The van der Waals surface area contributed by atoms with Crippen LogP contribution in [0.25, 0.3) is 0 Å². The zero-order valence-corrected chi connectivity index (χ0v) is 24.2. The van der Waals surface area contributed by atoms with E-state index in [9.17, 15) is 9.59 Å². The molecule has 0 atom stereocenters. The van der Waals surface area contributed by atoms with Gasteiger partial charge in [-0.2, -0.15) is 0 Å². The Hall–Kier alpha value is -2.62. The molecule has 8 heteroatoms. The molecule has 0 fully saturated rings. The number of carbonyl (C=O) groups is 2. The number of para-hydroxylation sites is 1. The molecule has 0 aliphatic heterocycles. The van der Waals surface area contributed by atoms with Gasteiger partial charge in [0.2, 0.25) is 0 Å². The van der Waals surface area contributed by atoms with Crippen molar-refractivity contribution in [3.8, 4) is 0 Å². The van der Waals surface area contributed by atoms with Crippen molar-refractivity contribution in [2.45, 2.75) is 25.7 Å².